The standard InChI is InChI=1S/C13H17NO2S/c1-9(2)13(11-4-3-7-17-11)14-6-5-10(15)8-12(14)16/h3-4,7,9,13H,5-6,8H2,1-2H3. The van der Waals surface area contributed by atoms with Gasteiger partial charge in [-0.15, -0.1) is 11.3 Å². The van der Waals surface area contributed by atoms with Crippen molar-refractivity contribution in [3.05, 3.63) is 22.4 Å². The molecule has 92 valence electrons. The lowest BCUT2D eigenvalue weighted by Crippen LogP contribution is -2.42. The second kappa shape index (κ2) is 5.00. The summed E-state index contributed by atoms with van der Waals surface area (Å²) in [4.78, 5) is 26.3. The summed E-state index contributed by atoms with van der Waals surface area (Å²) in [6, 6.07) is 4.20. The molecule has 1 amide bonds. The third-order valence-electron chi connectivity index (χ3n) is 3.10. The van der Waals surface area contributed by atoms with Crippen molar-refractivity contribution in [3.8, 4) is 0 Å². The van der Waals surface area contributed by atoms with Gasteiger partial charge in [0.05, 0.1) is 12.5 Å². The van der Waals surface area contributed by atoms with Crippen LogP contribution < -0.4 is 0 Å². The summed E-state index contributed by atoms with van der Waals surface area (Å²) < 4.78 is 0. The number of rotatable bonds is 3. The molecule has 3 nitrogen and oxygen atoms in total. The number of likely N-dealkylation sites (tertiary alicyclic amines) is 1. The summed E-state index contributed by atoms with van der Waals surface area (Å²) in [6.07, 6.45) is 0.578. The Morgan fingerprint density at radius 3 is 2.65 bits per heavy atom. The van der Waals surface area contributed by atoms with Crippen molar-refractivity contribution in [2.75, 3.05) is 6.54 Å². The molecule has 0 spiro atoms. The fraction of sp³-hybridized carbons (Fsp3) is 0.538. The molecule has 17 heavy (non-hydrogen) atoms. The van der Waals surface area contributed by atoms with Gasteiger partial charge in [0.25, 0.3) is 0 Å². The van der Waals surface area contributed by atoms with E-state index in [0.717, 1.165) is 0 Å². The first kappa shape index (κ1) is 12.3. The van der Waals surface area contributed by atoms with E-state index in [9.17, 15) is 9.59 Å². The molecule has 2 rings (SSSR count). The Labute approximate surface area is 105 Å². The van der Waals surface area contributed by atoms with Crippen LogP contribution in [0.1, 0.15) is 37.6 Å². The predicted molar refractivity (Wildman–Crippen MR) is 67.9 cm³/mol. The van der Waals surface area contributed by atoms with Crippen molar-refractivity contribution in [2.45, 2.75) is 32.7 Å². The lowest BCUT2D eigenvalue weighted by Gasteiger charge is -2.36. The quantitative estimate of drug-likeness (QED) is 0.774. The van der Waals surface area contributed by atoms with Crippen LogP contribution in [-0.2, 0) is 9.59 Å². The van der Waals surface area contributed by atoms with Crippen LogP contribution in [0.5, 0.6) is 0 Å². The summed E-state index contributed by atoms with van der Waals surface area (Å²) in [7, 11) is 0. The van der Waals surface area contributed by atoms with E-state index >= 15 is 0 Å². The summed E-state index contributed by atoms with van der Waals surface area (Å²) in [6.45, 7) is 4.81. The average molecular weight is 251 g/mol. The maximum Gasteiger partial charge on any atom is 0.230 e. The van der Waals surface area contributed by atoms with Crippen molar-refractivity contribution in [2.24, 2.45) is 5.92 Å². The first-order valence-corrected chi connectivity index (χ1v) is 6.82. The number of nitrogens with zero attached hydrogens (tertiary/aromatic N) is 1. The highest BCUT2D eigenvalue weighted by Gasteiger charge is 2.32. The average Bonchev–Trinajstić information content (AvgIpc) is 2.74. The molecule has 1 aliphatic rings. The highest BCUT2D eigenvalue weighted by Crippen LogP contribution is 2.33. The van der Waals surface area contributed by atoms with E-state index in [-0.39, 0.29) is 24.2 Å². The summed E-state index contributed by atoms with van der Waals surface area (Å²) in [5, 5.41) is 2.03. The molecule has 1 aromatic rings. The Bertz CT molecular complexity index is 411. The number of piperidine rings is 1. The Hall–Kier alpha value is -1.16. The van der Waals surface area contributed by atoms with E-state index in [1.165, 1.54) is 4.88 Å². The van der Waals surface area contributed by atoms with E-state index in [1.807, 2.05) is 16.3 Å². The zero-order valence-electron chi connectivity index (χ0n) is 10.2. The van der Waals surface area contributed by atoms with Gasteiger partial charge in [0.1, 0.15) is 5.78 Å². The molecule has 0 bridgehead atoms. The fourth-order valence-corrected chi connectivity index (χ4v) is 3.33. The third-order valence-corrected chi connectivity index (χ3v) is 4.05. The van der Waals surface area contributed by atoms with E-state index in [4.69, 9.17) is 0 Å². The minimum Gasteiger partial charge on any atom is -0.334 e. The van der Waals surface area contributed by atoms with Gasteiger partial charge in [-0.3, -0.25) is 9.59 Å². The Morgan fingerprint density at radius 2 is 2.12 bits per heavy atom. The Balaban J connectivity index is 2.22. The van der Waals surface area contributed by atoms with Crippen molar-refractivity contribution in [1.82, 2.24) is 4.90 Å². The van der Waals surface area contributed by atoms with E-state index in [2.05, 4.69) is 19.9 Å². The van der Waals surface area contributed by atoms with Gasteiger partial charge in [0.2, 0.25) is 5.91 Å². The van der Waals surface area contributed by atoms with E-state index < -0.39 is 0 Å². The van der Waals surface area contributed by atoms with Gasteiger partial charge < -0.3 is 4.90 Å². The van der Waals surface area contributed by atoms with Gasteiger partial charge in [-0.2, -0.15) is 0 Å². The number of ketones is 1. The van der Waals surface area contributed by atoms with Crippen LogP contribution in [0.25, 0.3) is 0 Å². The molecule has 1 fully saturated rings. The molecule has 0 N–H and O–H groups in total. The van der Waals surface area contributed by atoms with Gasteiger partial charge >= 0.3 is 0 Å². The summed E-state index contributed by atoms with van der Waals surface area (Å²) in [5.74, 6) is 0.416. The normalized spacial score (nSPS) is 18.9. The second-order valence-electron chi connectivity index (χ2n) is 4.76. The Kier molecular flexibility index (Phi) is 3.62. The minimum absolute atomic E-state index is 0.0200. The fourth-order valence-electron chi connectivity index (χ4n) is 2.32. The summed E-state index contributed by atoms with van der Waals surface area (Å²) >= 11 is 1.68. The maximum absolute atomic E-state index is 12.0. The van der Waals surface area contributed by atoms with Gasteiger partial charge in [-0.05, 0) is 17.4 Å². The second-order valence-corrected chi connectivity index (χ2v) is 5.74. The molecular formula is C13H17NO2S. The van der Waals surface area contributed by atoms with E-state index in [1.54, 1.807) is 11.3 Å². The largest absolute Gasteiger partial charge is 0.334 e. The third kappa shape index (κ3) is 2.57. The number of carbonyl (C=O) groups excluding carboxylic acids is 2. The molecule has 1 aromatic heterocycles. The van der Waals surface area contributed by atoms with Crippen LogP contribution in [0.4, 0.5) is 0 Å². The highest BCUT2D eigenvalue weighted by atomic mass is 32.1. The first-order chi connectivity index (χ1) is 8.09. The van der Waals surface area contributed by atoms with Crippen molar-refractivity contribution in [1.29, 1.82) is 0 Å². The first-order valence-electron chi connectivity index (χ1n) is 5.94. The van der Waals surface area contributed by atoms with Crippen LogP contribution in [0.3, 0.4) is 0 Å². The van der Waals surface area contributed by atoms with Gasteiger partial charge in [0.15, 0.2) is 0 Å². The molecule has 2 heterocycles. The number of Topliss-reactive ketones (excluding diaryl/α,β-unsaturated/α-hetero) is 1. The molecule has 1 saturated heterocycles. The molecule has 1 unspecified atom stereocenters. The number of hydrogen-bond acceptors (Lipinski definition) is 3. The van der Waals surface area contributed by atoms with Crippen molar-refractivity contribution in [3.63, 3.8) is 0 Å². The molecule has 0 aromatic carbocycles. The van der Waals surface area contributed by atoms with Crippen LogP contribution in [0, 0.1) is 5.92 Å². The number of amides is 1. The molecule has 1 aliphatic heterocycles. The van der Waals surface area contributed by atoms with Crippen LogP contribution in [-0.4, -0.2) is 23.1 Å². The smallest absolute Gasteiger partial charge is 0.230 e. The van der Waals surface area contributed by atoms with Crippen molar-refractivity contribution < 1.29 is 9.59 Å². The van der Waals surface area contributed by atoms with Gasteiger partial charge in [0, 0.05) is 17.8 Å². The molecule has 0 radical (unpaired) electrons. The highest BCUT2D eigenvalue weighted by molar-refractivity contribution is 7.10. The number of thiophene rings is 1. The lowest BCUT2D eigenvalue weighted by atomic mass is 9.97. The number of hydrogen-bond donors (Lipinski definition) is 0. The predicted octanol–water partition coefficient (Wildman–Crippen LogP) is 2.64. The zero-order chi connectivity index (χ0) is 12.4. The zero-order valence-corrected chi connectivity index (χ0v) is 11.0. The molecular weight excluding hydrogens is 234 g/mol. The molecule has 0 saturated carbocycles. The Morgan fingerprint density at radius 1 is 1.35 bits per heavy atom. The molecule has 0 aliphatic carbocycles. The minimum atomic E-state index is -0.0200. The van der Waals surface area contributed by atoms with Crippen LogP contribution in [0.2, 0.25) is 0 Å². The maximum atomic E-state index is 12.0. The molecule has 1 atom stereocenters. The topological polar surface area (TPSA) is 37.4 Å². The lowest BCUT2D eigenvalue weighted by molar-refractivity contribution is -0.142. The van der Waals surface area contributed by atoms with Gasteiger partial charge in [-0.1, -0.05) is 19.9 Å². The summed E-state index contributed by atoms with van der Waals surface area (Å²) in [5.41, 5.74) is 0. The number of carbonyl (C=O) groups is 2. The van der Waals surface area contributed by atoms with Gasteiger partial charge in [-0.25, -0.2) is 0 Å². The molecule has 4 heteroatoms. The van der Waals surface area contributed by atoms with E-state index in [0.29, 0.717) is 18.9 Å². The van der Waals surface area contributed by atoms with Crippen molar-refractivity contribution >= 4 is 23.0 Å². The van der Waals surface area contributed by atoms with Crippen LogP contribution >= 0.6 is 11.3 Å². The SMILES string of the molecule is CC(C)C(c1cccs1)N1CCC(=O)CC1=O. The van der Waals surface area contributed by atoms with Crippen LogP contribution in [0.15, 0.2) is 17.5 Å². The monoisotopic (exact) mass is 251 g/mol.